The Morgan fingerprint density at radius 3 is 1.62 bits per heavy atom. The zero-order valence-electron chi connectivity index (χ0n) is 47.5. The van der Waals surface area contributed by atoms with Gasteiger partial charge in [0.1, 0.15) is 5.82 Å². The summed E-state index contributed by atoms with van der Waals surface area (Å²) in [5.41, 5.74) is 16.6. The number of hydrogen-bond acceptors (Lipinski definition) is 4. The zero-order chi connectivity index (χ0) is 54.2. The number of benzene rings is 8. The molecule has 0 atom stereocenters. The van der Waals surface area contributed by atoms with E-state index in [0.717, 1.165) is 50.4 Å². The molecule has 0 amide bonds. The molecule has 0 bridgehead atoms. The maximum atomic E-state index is 6.91. The number of ether oxygens (including phenoxy) is 1. The van der Waals surface area contributed by atoms with Gasteiger partial charge in [-0.05, 0) is 114 Å². The van der Waals surface area contributed by atoms with Crippen molar-refractivity contribution in [3.63, 3.8) is 0 Å². The molecular formula is C72H71N4OPt-3. The first-order valence-electron chi connectivity index (χ1n) is 27.2. The summed E-state index contributed by atoms with van der Waals surface area (Å²) in [5.74, 6) is 2.00. The van der Waals surface area contributed by atoms with Gasteiger partial charge in [-0.15, -0.1) is 48.1 Å². The molecule has 11 rings (SSSR count). The molecule has 8 aromatic carbocycles. The Kier molecular flexibility index (Phi) is 14.0. The smallest absolute Gasteiger partial charge is 0.135 e. The maximum absolute atomic E-state index is 6.91. The van der Waals surface area contributed by atoms with Crippen LogP contribution in [0.4, 0.5) is 22.7 Å². The Hall–Kier alpha value is -7.20. The summed E-state index contributed by atoms with van der Waals surface area (Å²) in [7, 11) is 0. The van der Waals surface area contributed by atoms with E-state index in [4.69, 9.17) is 9.72 Å². The average molecular weight is 1200 g/mol. The minimum Gasteiger partial charge on any atom is -0.509 e. The maximum Gasteiger partial charge on any atom is 0.135 e. The van der Waals surface area contributed by atoms with Crippen molar-refractivity contribution < 1.29 is 25.8 Å². The van der Waals surface area contributed by atoms with Gasteiger partial charge in [0.25, 0.3) is 0 Å². The van der Waals surface area contributed by atoms with Crippen molar-refractivity contribution in [2.24, 2.45) is 0 Å². The van der Waals surface area contributed by atoms with Crippen LogP contribution in [0.2, 0.25) is 0 Å². The summed E-state index contributed by atoms with van der Waals surface area (Å²) in [4.78, 5) is 9.74. The standard InChI is InChI=1S/C72H71N4O.Pt/c1-68(2,3)54-38-49(48-24-17-14-18-25-48)39-56(40-54)75-47-74(65-45-61(69(4,5)6)62(46-66(65)75)70(7,8)9)55-30-23-31-57(43-55)77-58-33-34-59-60-41-52(71(10,11)50-26-19-15-20-27-50)32-35-63(60)76(64(59)44-58)67-42-53(36-37-73-67)72(12,13)51-28-21-16-22-29-51;/h14-42,45-47H,1-13H3;/q-3;. The van der Waals surface area contributed by atoms with Crippen LogP contribution in [0.1, 0.15) is 129 Å². The van der Waals surface area contributed by atoms with Gasteiger partial charge in [0.05, 0.1) is 0 Å². The Morgan fingerprint density at radius 1 is 0.436 bits per heavy atom. The molecule has 0 unspecified atom stereocenters. The summed E-state index contributed by atoms with van der Waals surface area (Å²) in [6.07, 6.45) is 1.94. The normalized spacial score (nSPS) is 13.2. The molecule has 0 aliphatic carbocycles. The molecule has 0 saturated carbocycles. The summed E-state index contributed by atoms with van der Waals surface area (Å²) in [5, 5.41) is 2.21. The molecule has 0 spiro atoms. The summed E-state index contributed by atoms with van der Waals surface area (Å²) >= 11 is 0. The summed E-state index contributed by atoms with van der Waals surface area (Å²) in [6.45, 7) is 32.2. The molecule has 0 fully saturated rings. The molecule has 0 radical (unpaired) electrons. The molecule has 1 aliphatic heterocycles. The first-order valence-corrected chi connectivity index (χ1v) is 27.2. The fourth-order valence-corrected chi connectivity index (χ4v) is 11.2. The molecular weight excluding hydrogens is 1130 g/mol. The van der Waals surface area contributed by atoms with Gasteiger partial charge in [-0.1, -0.05) is 205 Å². The number of rotatable bonds is 10. The predicted octanol–water partition coefficient (Wildman–Crippen LogP) is 19.2. The number of fused-ring (bicyclic) bond motifs is 4. The fourth-order valence-electron chi connectivity index (χ4n) is 11.2. The van der Waals surface area contributed by atoms with Crippen LogP contribution in [0.25, 0.3) is 38.8 Å². The number of aromatic nitrogens is 2. The van der Waals surface area contributed by atoms with E-state index < -0.39 is 0 Å². The molecule has 6 heteroatoms. The number of anilines is 4. The first-order chi connectivity index (χ1) is 36.6. The topological polar surface area (TPSA) is 33.5 Å². The van der Waals surface area contributed by atoms with Gasteiger partial charge >= 0.3 is 0 Å². The van der Waals surface area contributed by atoms with Gasteiger partial charge in [-0.2, -0.15) is 12.1 Å². The second kappa shape index (κ2) is 20.2. The Balaban J connectivity index is 0.00000688. The van der Waals surface area contributed by atoms with Crippen LogP contribution in [0.15, 0.2) is 188 Å². The van der Waals surface area contributed by atoms with Crippen molar-refractivity contribution in [3.05, 3.63) is 246 Å². The average Bonchev–Trinajstić information content (AvgIpc) is 4.09. The third-order valence-corrected chi connectivity index (χ3v) is 15.9. The molecule has 5 nitrogen and oxygen atoms in total. The van der Waals surface area contributed by atoms with E-state index in [9.17, 15) is 0 Å². The van der Waals surface area contributed by atoms with E-state index in [-0.39, 0.29) is 48.1 Å². The van der Waals surface area contributed by atoms with Gasteiger partial charge in [-0.3, -0.25) is 0 Å². The van der Waals surface area contributed by atoms with Crippen molar-refractivity contribution in [1.82, 2.24) is 9.55 Å². The van der Waals surface area contributed by atoms with Crippen LogP contribution < -0.4 is 14.5 Å². The van der Waals surface area contributed by atoms with Crippen LogP contribution in [-0.4, -0.2) is 9.55 Å². The van der Waals surface area contributed by atoms with E-state index >= 15 is 0 Å². The third kappa shape index (κ3) is 10.1. The Morgan fingerprint density at radius 2 is 1.01 bits per heavy atom. The molecule has 78 heavy (non-hydrogen) atoms. The largest absolute Gasteiger partial charge is 0.509 e. The van der Waals surface area contributed by atoms with Crippen molar-refractivity contribution in [3.8, 4) is 28.4 Å². The third-order valence-electron chi connectivity index (χ3n) is 15.9. The van der Waals surface area contributed by atoms with E-state index in [1.807, 2.05) is 18.3 Å². The van der Waals surface area contributed by atoms with Gasteiger partial charge in [0.2, 0.25) is 0 Å². The van der Waals surface area contributed by atoms with E-state index in [1.54, 1.807) is 0 Å². The summed E-state index contributed by atoms with van der Waals surface area (Å²) in [6, 6.07) is 73.2. The predicted molar refractivity (Wildman–Crippen MR) is 323 cm³/mol. The van der Waals surface area contributed by atoms with Gasteiger partial charge in [0.15, 0.2) is 0 Å². The second-order valence-corrected chi connectivity index (χ2v) is 25.2. The molecule has 0 saturated heterocycles. The SMILES string of the molecule is CC(C)(C)c1cc(-c2ccccc2)cc(N2[CH-]N(c3[c-]c(Oc4[c-]c5c(cc4)c4cc(C(C)(C)c6ccccc6)ccc4n5-c4cc(C(C)(C)c5ccccc5)ccn4)ccc3)c3cc(C(C)(C)C)c(C(C)(C)C)cc32)c1.[Pt]. The molecule has 3 heterocycles. The molecule has 1 aliphatic rings. The van der Waals surface area contributed by atoms with Crippen molar-refractivity contribution in [1.29, 1.82) is 0 Å². The molecule has 2 aromatic heterocycles. The van der Waals surface area contributed by atoms with Gasteiger partial charge in [0, 0.05) is 72.2 Å². The first kappa shape index (κ1) is 54.2. The minimum atomic E-state index is -0.265. The molecule has 0 N–H and O–H groups in total. The monoisotopic (exact) mass is 1200 g/mol. The summed E-state index contributed by atoms with van der Waals surface area (Å²) < 4.78 is 9.16. The molecule has 398 valence electrons. The van der Waals surface area contributed by atoms with Crippen molar-refractivity contribution in [2.75, 3.05) is 9.80 Å². The van der Waals surface area contributed by atoms with Gasteiger partial charge in [-0.25, -0.2) is 4.98 Å². The van der Waals surface area contributed by atoms with Crippen LogP contribution in [-0.2, 0) is 48.1 Å². The Bertz CT molecular complexity index is 3820. The number of pyridine rings is 1. The van der Waals surface area contributed by atoms with Crippen LogP contribution in [0, 0.1) is 18.8 Å². The second-order valence-electron chi connectivity index (χ2n) is 25.2. The Labute approximate surface area is 478 Å². The van der Waals surface area contributed by atoms with Crippen molar-refractivity contribution in [2.45, 2.75) is 117 Å². The van der Waals surface area contributed by atoms with E-state index in [2.05, 4.69) is 293 Å². The zero-order valence-corrected chi connectivity index (χ0v) is 49.8. The molecule has 10 aromatic rings. The minimum absolute atomic E-state index is 0. The van der Waals surface area contributed by atoms with Crippen LogP contribution >= 0.6 is 0 Å². The van der Waals surface area contributed by atoms with E-state index in [0.29, 0.717) is 11.5 Å². The van der Waals surface area contributed by atoms with Crippen LogP contribution in [0.3, 0.4) is 0 Å². The number of hydrogen-bond donors (Lipinski definition) is 0. The van der Waals surface area contributed by atoms with Crippen LogP contribution in [0.5, 0.6) is 11.5 Å². The fraction of sp³-hybridized carbons (Fsp3) is 0.250. The quantitative estimate of drug-likeness (QED) is 0.128. The van der Waals surface area contributed by atoms with E-state index in [1.165, 1.54) is 50.1 Å². The van der Waals surface area contributed by atoms with Gasteiger partial charge < -0.3 is 19.1 Å². The number of nitrogens with zero attached hydrogens (tertiary/aromatic N) is 4. The van der Waals surface area contributed by atoms with Crippen molar-refractivity contribution >= 4 is 44.6 Å².